The summed E-state index contributed by atoms with van der Waals surface area (Å²) in [5.41, 5.74) is 2.64. The molecule has 12 nitrogen and oxygen atoms in total. The number of rotatable bonds is 11. The quantitative estimate of drug-likeness (QED) is 0.158. The first-order valence-corrected chi connectivity index (χ1v) is 14.1. The molecule has 0 saturated carbocycles. The molecule has 0 aliphatic heterocycles. The molecule has 15 heteroatoms. The van der Waals surface area contributed by atoms with Crippen LogP contribution < -0.4 is 10.6 Å². The predicted octanol–water partition coefficient (Wildman–Crippen LogP) is 5.32. The lowest BCUT2D eigenvalue weighted by molar-refractivity contribution is -0.192. The number of esters is 1. The van der Waals surface area contributed by atoms with E-state index < -0.39 is 30.1 Å². The number of hydrogen-bond acceptors (Lipinski definition) is 8. The second-order valence-corrected chi connectivity index (χ2v) is 9.64. The molecule has 0 radical (unpaired) electrons. The average molecular weight is 644 g/mol. The van der Waals surface area contributed by atoms with Crippen LogP contribution in [0.5, 0.6) is 0 Å². The van der Waals surface area contributed by atoms with Crippen molar-refractivity contribution in [3.63, 3.8) is 0 Å². The lowest BCUT2D eigenvalue weighted by Gasteiger charge is -2.17. The fraction of sp³-hybridized carbons (Fsp3) is 0.290. The number of aromatic amines is 1. The molecule has 46 heavy (non-hydrogen) atoms. The van der Waals surface area contributed by atoms with Gasteiger partial charge in [0, 0.05) is 17.2 Å². The van der Waals surface area contributed by atoms with Crippen LogP contribution in [0.3, 0.4) is 0 Å². The molecule has 4 rings (SSSR count). The standard InChI is InChI=1S/C29H31N5O5.C2HF3O2/c1-4-21(5-2)31-27(36)24-17-30-28(39-24)20-14-10-13-19(15-20)22-16-23(34-33-22)26(35)32-25(29(37)38-6-3)18-11-8-7-9-12-18;3-2(4,5)1(6)7/h7-17,21,25H,4-6H2,1-3H3,(H,31,36)(H,32,35)(H,33,34);(H,6,7)/t25-;/m1./s1. The van der Waals surface area contributed by atoms with Crippen LogP contribution in [0.4, 0.5) is 13.2 Å². The topological polar surface area (TPSA) is 177 Å². The Morgan fingerprint density at radius 2 is 1.59 bits per heavy atom. The lowest BCUT2D eigenvalue weighted by Crippen LogP contribution is -2.35. The van der Waals surface area contributed by atoms with E-state index in [0.717, 1.165) is 12.8 Å². The number of nitrogens with zero attached hydrogens (tertiary/aromatic N) is 2. The second-order valence-electron chi connectivity index (χ2n) is 9.64. The molecular formula is C31H32F3N5O7. The number of carbonyl (C=O) groups is 4. The van der Waals surface area contributed by atoms with Crippen LogP contribution in [0.25, 0.3) is 22.7 Å². The molecule has 4 aromatic rings. The van der Waals surface area contributed by atoms with Crippen molar-refractivity contribution >= 4 is 23.8 Å². The summed E-state index contributed by atoms with van der Waals surface area (Å²) in [7, 11) is 0. The molecule has 0 aliphatic carbocycles. The molecule has 0 fully saturated rings. The van der Waals surface area contributed by atoms with Gasteiger partial charge in [0.2, 0.25) is 11.7 Å². The van der Waals surface area contributed by atoms with Gasteiger partial charge in [-0.2, -0.15) is 18.3 Å². The summed E-state index contributed by atoms with van der Waals surface area (Å²) in [5.74, 6) is -3.70. The predicted molar refractivity (Wildman–Crippen MR) is 158 cm³/mol. The second kappa shape index (κ2) is 16.0. The summed E-state index contributed by atoms with van der Waals surface area (Å²) in [6.45, 7) is 5.92. The van der Waals surface area contributed by atoms with Gasteiger partial charge in [-0.25, -0.2) is 14.6 Å². The van der Waals surface area contributed by atoms with Crippen LogP contribution in [-0.2, 0) is 14.3 Å². The van der Waals surface area contributed by atoms with E-state index in [1.165, 1.54) is 6.20 Å². The number of carbonyl (C=O) groups excluding carboxylic acids is 3. The van der Waals surface area contributed by atoms with Crippen LogP contribution in [-0.4, -0.2) is 62.9 Å². The molecule has 0 unspecified atom stereocenters. The van der Waals surface area contributed by atoms with Gasteiger partial charge in [0.15, 0.2) is 6.04 Å². The molecule has 2 aromatic heterocycles. The summed E-state index contributed by atoms with van der Waals surface area (Å²) in [6.07, 6.45) is -2.03. The molecule has 4 N–H and O–H groups in total. The van der Waals surface area contributed by atoms with Crippen molar-refractivity contribution in [1.82, 2.24) is 25.8 Å². The number of aliphatic carboxylic acids is 1. The van der Waals surface area contributed by atoms with E-state index in [0.29, 0.717) is 28.3 Å². The van der Waals surface area contributed by atoms with Gasteiger partial charge in [0.25, 0.3) is 11.8 Å². The molecule has 2 amide bonds. The average Bonchev–Trinajstić information content (AvgIpc) is 3.74. The number of H-pyrrole nitrogens is 1. The zero-order valence-electron chi connectivity index (χ0n) is 25.1. The molecule has 0 spiro atoms. The minimum Gasteiger partial charge on any atom is -0.475 e. The van der Waals surface area contributed by atoms with E-state index in [9.17, 15) is 27.6 Å². The third-order valence-corrected chi connectivity index (χ3v) is 6.45. The first-order chi connectivity index (χ1) is 21.9. The molecule has 0 aliphatic rings. The van der Waals surface area contributed by atoms with Gasteiger partial charge in [0.1, 0.15) is 5.69 Å². The third-order valence-electron chi connectivity index (χ3n) is 6.45. The highest BCUT2D eigenvalue weighted by molar-refractivity contribution is 5.96. The summed E-state index contributed by atoms with van der Waals surface area (Å²) < 4.78 is 42.6. The molecule has 0 saturated heterocycles. The van der Waals surface area contributed by atoms with Crippen molar-refractivity contribution in [3.05, 3.63) is 83.9 Å². The highest BCUT2D eigenvalue weighted by Crippen LogP contribution is 2.26. The van der Waals surface area contributed by atoms with Gasteiger partial charge in [-0.3, -0.25) is 14.7 Å². The van der Waals surface area contributed by atoms with E-state index >= 15 is 0 Å². The molecule has 2 heterocycles. The Morgan fingerprint density at radius 1 is 0.935 bits per heavy atom. The Bertz CT molecular complexity index is 1630. The smallest absolute Gasteiger partial charge is 0.475 e. The minimum atomic E-state index is -5.08. The summed E-state index contributed by atoms with van der Waals surface area (Å²) in [6, 6.07) is 16.8. The molecule has 0 bridgehead atoms. The zero-order valence-corrected chi connectivity index (χ0v) is 25.1. The van der Waals surface area contributed by atoms with Gasteiger partial charge in [-0.1, -0.05) is 56.3 Å². The van der Waals surface area contributed by atoms with Crippen molar-refractivity contribution in [3.8, 4) is 22.7 Å². The number of ether oxygens (including phenoxy) is 1. The maximum absolute atomic E-state index is 13.0. The van der Waals surface area contributed by atoms with Crippen LogP contribution in [0.2, 0.25) is 0 Å². The minimum absolute atomic E-state index is 0.0701. The van der Waals surface area contributed by atoms with Crippen LogP contribution in [0, 0.1) is 0 Å². The highest BCUT2D eigenvalue weighted by atomic mass is 19.4. The Hall–Kier alpha value is -5.47. The van der Waals surface area contributed by atoms with Crippen LogP contribution in [0.1, 0.15) is 66.3 Å². The van der Waals surface area contributed by atoms with Gasteiger partial charge >= 0.3 is 18.1 Å². The zero-order chi connectivity index (χ0) is 33.9. The number of aromatic nitrogens is 3. The number of oxazole rings is 1. The highest BCUT2D eigenvalue weighted by Gasteiger charge is 2.38. The molecule has 244 valence electrons. The van der Waals surface area contributed by atoms with Gasteiger partial charge < -0.3 is 24.9 Å². The molecule has 2 aromatic carbocycles. The van der Waals surface area contributed by atoms with Gasteiger partial charge in [-0.05, 0) is 43.5 Å². The lowest BCUT2D eigenvalue weighted by atomic mass is 10.1. The number of amides is 2. The summed E-state index contributed by atoms with van der Waals surface area (Å²) in [5, 5.41) is 19.8. The Labute approximate surface area is 261 Å². The maximum atomic E-state index is 13.0. The number of alkyl halides is 3. The fourth-order valence-corrected chi connectivity index (χ4v) is 4.02. The van der Waals surface area contributed by atoms with E-state index in [1.807, 2.05) is 32.0 Å². The maximum Gasteiger partial charge on any atom is 0.490 e. The first-order valence-electron chi connectivity index (χ1n) is 14.1. The number of benzene rings is 2. The SMILES string of the molecule is CCOC(=O)[C@H](NC(=O)c1cc(-c2cccc(-c3ncc(C(=O)NC(CC)CC)o3)c2)n[nH]1)c1ccccc1.O=C(O)C(F)(F)F. The van der Waals surface area contributed by atoms with Crippen molar-refractivity contribution in [2.75, 3.05) is 6.61 Å². The molecular weight excluding hydrogens is 611 g/mol. The van der Waals surface area contributed by atoms with Crippen molar-refractivity contribution in [1.29, 1.82) is 0 Å². The van der Waals surface area contributed by atoms with Gasteiger partial charge in [-0.15, -0.1) is 0 Å². The molecule has 1 atom stereocenters. The largest absolute Gasteiger partial charge is 0.490 e. The van der Waals surface area contributed by atoms with E-state index in [2.05, 4.69) is 25.8 Å². The van der Waals surface area contributed by atoms with Gasteiger partial charge in [0.05, 0.1) is 18.5 Å². The van der Waals surface area contributed by atoms with E-state index in [4.69, 9.17) is 19.1 Å². The van der Waals surface area contributed by atoms with E-state index in [-0.39, 0.29) is 30.0 Å². The number of carboxylic acid groups (broad SMARTS) is 1. The number of carboxylic acids is 1. The third kappa shape index (κ3) is 9.51. The summed E-state index contributed by atoms with van der Waals surface area (Å²) in [4.78, 5) is 51.2. The van der Waals surface area contributed by atoms with Crippen molar-refractivity contribution in [2.45, 2.75) is 51.9 Å². The number of halogens is 3. The van der Waals surface area contributed by atoms with Crippen LogP contribution in [0.15, 0.2) is 71.3 Å². The monoisotopic (exact) mass is 643 g/mol. The fourth-order valence-electron chi connectivity index (χ4n) is 4.02. The summed E-state index contributed by atoms with van der Waals surface area (Å²) >= 11 is 0. The Kier molecular flexibility index (Phi) is 12.2. The number of nitrogens with one attached hydrogen (secondary N) is 3. The first kappa shape index (κ1) is 35.0. The van der Waals surface area contributed by atoms with Crippen LogP contribution >= 0.6 is 0 Å². The van der Waals surface area contributed by atoms with Crippen molar-refractivity contribution < 1.29 is 46.6 Å². The van der Waals surface area contributed by atoms with Crippen molar-refractivity contribution in [2.24, 2.45) is 0 Å². The normalized spacial score (nSPS) is 11.6. The number of hydrogen-bond donors (Lipinski definition) is 4. The Morgan fingerprint density at radius 3 is 2.20 bits per heavy atom. The Balaban J connectivity index is 0.000000738. The van der Waals surface area contributed by atoms with E-state index in [1.54, 1.807) is 49.4 Å².